The van der Waals surface area contributed by atoms with Gasteiger partial charge >= 0.3 is 0 Å². The Labute approximate surface area is 105 Å². The van der Waals surface area contributed by atoms with Crippen LogP contribution in [-0.4, -0.2) is 22.8 Å². The summed E-state index contributed by atoms with van der Waals surface area (Å²) in [5.74, 6) is -1.40. The zero-order valence-corrected chi connectivity index (χ0v) is 9.96. The van der Waals surface area contributed by atoms with Crippen molar-refractivity contribution in [3.63, 3.8) is 0 Å². The van der Waals surface area contributed by atoms with Gasteiger partial charge in [-0.1, -0.05) is 6.92 Å². The number of hydrogen-bond acceptors (Lipinski definition) is 4. The monoisotopic (exact) mass is 246 g/mol. The van der Waals surface area contributed by atoms with Crippen molar-refractivity contribution in [2.75, 3.05) is 0 Å². The summed E-state index contributed by atoms with van der Waals surface area (Å²) in [7, 11) is 0. The van der Waals surface area contributed by atoms with E-state index in [4.69, 9.17) is 11.0 Å². The summed E-state index contributed by atoms with van der Waals surface area (Å²) in [6, 6.07) is 4.15. The van der Waals surface area contributed by atoms with Crippen molar-refractivity contribution in [2.24, 2.45) is 11.7 Å². The molecule has 0 aliphatic carbocycles. The molecule has 0 saturated carbocycles. The van der Waals surface area contributed by atoms with Crippen LogP contribution < -0.4 is 11.1 Å². The zero-order chi connectivity index (χ0) is 13.5. The molecule has 1 aromatic rings. The van der Waals surface area contributed by atoms with Crippen LogP contribution in [0.15, 0.2) is 24.5 Å². The van der Waals surface area contributed by atoms with Crippen molar-refractivity contribution in [1.29, 1.82) is 5.26 Å². The molecule has 0 fully saturated rings. The van der Waals surface area contributed by atoms with Crippen LogP contribution in [0.25, 0.3) is 0 Å². The minimum absolute atomic E-state index is 0.143. The van der Waals surface area contributed by atoms with E-state index in [0.717, 1.165) is 0 Å². The minimum atomic E-state index is -0.856. The second-order valence-corrected chi connectivity index (χ2v) is 3.93. The van der Waals surface area contributed by atoms with Gasteiger partial charge in [-0.15, -0.1) is 0 Å². The van der Waals surface area contributed by atoms with E-state index in [0.29, 0.717) is 5.56 Å². The molecular formula is C12H14N4O2. The van der Waals surface area contributed by atoms with E-state index in [-0.39, 0.29) is 12.3 Å². The number of carbonyl (C=O) groups is 2. The molecule has 0 radical (unpaired) electrons. The summed E-state index contributed by atoms with van der Waals surface area (Å²) in [5.41, 5.74) is 5.61. The molecule has 0 bridgehead atoms. The molecule has 2 amide bonds. The van der Waals surface area contributed by atoms with Crippen LogP contribution >= 0.6 is 0 Å². The highest BCUT2D eigenvalue weighted by Gasteiger charge is 2.24. The fraction of sp³-hybridized carbons (Fsp3) is 0.333. The van der Waals surface area contributed by atoms with Crippen molar-refractivity contribution in [2.45, 2.75) is 19.4 Å². The van der Waals surface area contributed by atoms with Crippen molar-refractivity contribution in [3.05, 3.63) is 30.1 Å². The van der Waals surface area contributed by atoms with E-state index in [1.165, 1.54) is 24.5 Å². The number of primary amides is 1. The van der Waals surface area contributed by atoms with E-state index in [9.17, 15) is 9.59 Å². The molecule has 6 heteroatoms. The molecule has 0 aliphatic heterocycles. The molecule has 3 N–H and O–H groups in total. The maximum Gasteiger partial charge on any atom is 0.252 e. The average Bonchev–Trinajstić information content (AvgIpc) is 2.36. The molecule has 0 saturated heterocycles. The van der Waals surface area contributed by atoms with Gasteiger partial charge in [-0.25, -0.2) is 0 Å². The lowest BCUT2D eigenvalue weighted by Gasteiger charge is -2.20. The highest BCUT2D eigenvalue weighted by molar-refractivity contribution is 5.97. The number of rotatable bonds is 5. The fourth-order valence-corrected chi connectivity index (χ4v) is 1.48. The van der Waals surface area contributed by atoms with Crippen LogP contribution in [0, 0.1) is 17.2 Å². The van der Waals surface area contributed by atoms with Crippen LogP contribution in [0.5, 0.6) is 0 Å². The van der Waals surface area contributed by atoms with E-state index in [1.807, 2.05) is 6.07 Å². The number of aromatic nitrogens is 1. The molecule has 2 atom stereocenters. The van der Waals surface area contributed by atoms with Gasteiger partial charge in [0.25, 0.3) is 5.91 Å². The van der Waals surface area contributed by atoms with Crippen LogP contribution in [0.1, 0.15) is 23.7 Å². The predicted molar refractivity (Wildman–Crippen MR) is 64.1 cm³/mol. The molecule has 1 rings (SSSR count). The summed E-state index contributed by atoms with van der Waals surface area (Å²) in [5, 5.41) is 11.1. The molecule has 0 unspecified atom stereocenters. The largest absolute Gasteiger partial charge is 0.368 e. The summed E-state index contributed by atoms with van der Waals surface area (Å²) in [6.45, 7) is 1.69. The Morgan fingerprint density at radius 2 is 2.11 bits per heavy atom. The van der Waals surface area contributed by atoms with E-state index in [2.05, 4.69) is 10.3 Å². The molecule has 1 heterocycles. The molecule has 18 heavy (non-hydrogen) atoms. The summed E-state index contributed by atoms with van der Waals surface area (Å²) < 4.78 is 0. The third-order valence-electron chi connectivity index (χ3n) is 2.52. The van der Waals surface area contributed by atoms with Gasteiger partial charge in [-0.3, -0.25) is 14.6 Å². The van der Waals surface area contributed by atoms with Crippen molar-refractivity contribution in [3.8, 4) is 6.07 Å². The number of pyridine rings is 1. The van der Waals surface area contributed by atoms with Crippen molar-refractivity contribution >= 4 is 11.8 Å². The third-order valence-corrected chi connectivity index (χ3v) is 2.52. The Bertz CT molecular complexity index is 467. The zero-order valence-electron chi connectivity index (χ0n) is 9.96. The standard InChI is InChI=1S/C12H14N4O2/c1-8(2-5-13)10(11(14)17)16-12(18)9-3-6-15-7-4-9/h3-4,6-8,10H,2H2,1H3,(H2,14,17)(H,16,18)/t8-,10-/m0/s1. The van der Waals surface area contributed by atoms with E-state index in [1.54, 1.807) is 6.92 Å². The van der Waals surface area contributed by atoms with Crippen LogP contribution in [0.2, 0.25) is 0 Å². The molecule has 6 nitrogen and oxygen atoms in total. The van der Waals surface area contributed by atoms with Gasteiger partial charge in [-0.05, 0) is 18.1 Å². The fourth-order valence-electron chi connectivity index (χ4n) is 1.48. The maximum atomic E-state index is 11.8. The number of nitriles is 1. The minimum Gasteiger partial charge on any atom is -0.368 e. The van der Waals surface area contributed by atoms with Gasteiger partial charge in [0.1, 0.15) is 6.04 Å². The van der Waals surface area contributed by atoms with Gasteiger partial charge in [0.2, 0.25) is 5.91 Å². The van der Waals surface area contributed by atoms with Crippen LogP contribution in [0.4, 0.5) is 0 Å². The van der Waals surface area contributed by atoms with Gasteiger partial charge < -0.3 is 11.1 Å². The first-order chi connectivity index (χ1) is 8.56. The number of nitrogens with zero attached hydrogens (tertiary/aromatic N) is 2. The molecular weight excluding hydrogens is 232 g/mol. The van der Waals surface area contributed by atoms with Gasteiger partial charge in [-0.2, -0.15) is 5.26 Å². The Balaban J connectivity index is 2.77. The smallest absolute Gasteiger partial charge is 0.252 e. The molecule has 0 aromatic carbocycles. The normalized spacial score (nSPS) is 13.1. The Kier molecular flexibility index (Phi) is 4.81. The lowest BCUT2D eigenvalue weighted by atomic mass is 9.98. The molecule has 94 valence electrons. The molecule has 0 aliphatic rings. The number of nitrogens with one attached hydrogen (secondary N) is 1. The SMILES string of the molecule is C[C@@H](CC#N)[C@H](NC(=O)c1ccncc1)C(N)=O. The third kappa shape index (κ3) is 3.56. The van der Waals surface area contributed by atoms with Crippen molar-refractivity contribution < 1.29 is 9.59 Å². The number of hydrogen-bond donors (Lipinski definition) is 2. The maximum absolute atomic E-state index is 11.8. The average molecular weight is 246 g/mol. The second-order valence-electron chi connectivity index (χ2n) is 3.93. The second kappa shape index (κ2) is 6.35. The Morgan fingerprint density at radius 3 is 2.61 bits per heavy atom. The predicted octanol–water partition coefficient (Wildman–Crippen LogP) is 0.215. The number of nitrogens with two attached hydrogens (primary N) is 1. The topological polar surface area (TPSA) is 109 Å². The summed E-state index contributed by atoms with van der Waals surface area (Å²) in [4.78, 5) is 26.9. The van der Waals surface area contributed by atoms with Gasteiger partial charge in [0, 0.05) is 24.4 Å². The molecule has 0 spiro atoms. The van der Waals surface area contributed by atoms with Gasteiger partial charge in [0.05, 0.1) is 6.07 Å². The Morgan fingerprint density at radius 1 is 1.50 bits per heavy atom. The highest BCUT2D eigenvalue weighted by atomic mass is 16.2. The lowest BCUT2D eigenvalue weighted by molar-refractivity contribution is -0.120. The van der Waals surface area contributed by atoms with E-state index < -0.39 is 17.9 Å². The Hall–Kier alpha value is -2.42. The quantitative estimate of drug-likeness (QED) is 0.774. The van der Waals surface area contributed by atoms with E-state index >= 15 is 0 Å². The van der Waals surface area contributed by atoms with Gasteiger partial charge in [0.15, 0.2) is 0 Å². The first-order valence-corrected chi connectivity index (χ1v) is 5.43. The highest BCUT2D eigenvalue weighted by Crippen LogP contribution is 2.08. The lowest BCUT2D eigenvalue weighted by Crippen LogP contribution is -2.48. The first-order valence-electron chi connectivity index (χ1n) is 5.43. The number of amides is 2. The van der Waals surface area contributed by atoms with Crippen LogP contribution in [0.3, 0.4) is 0 Å². The first kappa shape index (κ1) is 13.6. The van der Waals surface area contributed by atoms with Crippen LogP contribution in [-0.2, 0) is 4.79 Å². The number of carbonyl (C=O) groups excluding carboxylic acids is 2. The summed E-state index contributed by atoms with van der Waals surface area (Å²) in [6.07, 6.45) is 3.10. The summed E-state index contributed by atoms with van der Waals surface area (Å²) >= 11 is 0. The van der Waals surface area contributed by atoms with Crippen molar-refractivity contribution in [1.82, 2.24) is 10.3 Å². The molecule has 1 aromatic heterocycles.